The number of ether oxygens (including phenoxy) is 1. The maximum Gasteiger partial charge on any atom is 0.416 e. The van der Waals surface area contributed by atoms with E-state index in [1.807, 2.05) is 0 Å². The van der Waals surface area contributed by atoms with Crippen LogP contribution in [0.4, 0.5) is 18.0 Å². The molecule has 2 atom stereocenters. The van der Waals surface area contributed by atoms with E-state index >= 15 is 0 Å². The van der Waals surface area contributed by atoms with Gasteiger partial charge in [0.05, 0.1) is 36.0 Å². The molecule has 0 unspecified atom stereocenters. The number of nitrogens with zero attached hydrogens (tertiary/aromatic N) is 2. The molecule has 0 radical (unpaired) electrons. The van der Waals surface area contributed by atoms with Crippen LogP contribution in [0.3, 0.4) is 0 Å². The van der Waals surface area contributed by atoms with Crippen molar-refractivity contribution in [3.8, 4) is 0 Å². The van der Waals surface area contributed by atoms with Crippen LogP contribution >= 0.6 is 0 Å². The molecule has 0 spiro atoms. The highest BCUT2D eigenvalue weighted by molar-refractivity contribution is 6.03. The Kier molecular flexibility index (Phi) is 7.89. The fourth-order valence-corrected chi connectivity index (χ4v) is 4.49. The van der Waals surface area contributed by atoms with E-state index in [-0.39, 0.29) is 49.0 Å². The highest BCUT2D eigenvalue weighted by Gasteiger charge is 2.49. The number of amides is 4. The smallest absolute Gasteiger partial charge is 0.383 e. The molecule has 8 nitrogen and oxygen atoms in total. The van der Waals surface area contributed by atoms with E-state index < -0.39 is 41.7 Å². The van der Waals surface area contributed by atoms with E-state index in [0.29, 0.717) is 0 Å². The summed E-state index contributed by atoms with van der Waals surface area (Å²) in [7, 11) is 1.49. The lowest BCUT2D eigenvalue weighted by Crippen LogP contribution is -2.52. The topological polar surface area (TPSA) is 91.0 Å². The number of hydrogen-bond acceptors (Lipinski definition) is 4. The number of methoxy groups -OCH3 is 1. The average molecular weight is 495 g/mol. The number of alkyl halides is 3. The Morgan fingerprint density at radius 3 is 2.60 bits per heavy atom. The average Bonchev–Trinajstić information content (AvgIpc) is 3.11. The molecule has 0 fully saturated rings. The minimum atomic E-state index is -4.69. The molecule has 2 N–H and O–H groups in total. The first kappa shape index (κ1) is 26.3. The summed E-state index contributed by atoms with van der Waals surface area (Å²) in [6, 6.07) is 1.96. The van der Waals surface area contributed by atoms with E-state index in [0.717, 1.165) is 6.07 Å². The molecule has 1 aromatic carbocycles. The summed E-state index contributed by atoms with van der Waals surface area (Å²) >= 11 is 0. The number of carbonyl (C=O) groups is 3. The van der Waals surface area contributed by atoms with Crippen molar-refractivity contribution in [2.75, 3.05) is 33.4 Å². The van der Waals surface area contributed by atoms with Crippen LogP contribution in [0.15, 0.2) is 48.2 Å². The molecule has 11 heteroatoms. The lowest BCUT2D eigenvalue weighted by atomic mass is 9.91. The molecular weight excluding hydrogens is 465 g/mol. The number of benzene rings is 1. The van der Waals surface area contributed by atoms with Gasteiger partial charge in [-0.25, -0.2) is 4.79 Å². The van der Waals surface area contributed by atoms with Gasteiger partial charge >= 0.3 is 12.2 Å². The van der Waals surface area contributed by atoms with Crippen LogP contribution in [0.2, 0.25) is 0 Å². The summed E-state index contributed by atoms with van der Waals surface area (Å²) in [6.07, 6.45) is -3.23. The molecule has 190 valence electrons. The van der Waals surface area contributed by atoms with E-state index in [9.17, 15) is 27.6 Å². The van der Waals surface area contributed by atoms with Crippen LogP contribution in [0.5, 0.6) is 0 Å². The largest absolute Gasteiger partial charge is 0.416 e. The van der Waals surface area contributed by atoms with Gasteiger partial charge in [-0.1, -0.05) is 38.1 Å². The van der Waals surface area contributed by atoms with Gasteiger partial charge in [0.1, 0.15) is 6.04 Å². The van der Waals surface area contributed by atoms with Crippen molar-refractivity contribution in [2.45, 2.75) is 32.1 Å². The number of rotatable bonds is 9. The predicted octanol–water partition coefficient (Wildman–Crippen LogP) is 2.84. The Hall–Kier alpha value is -3.34. The molecular formula is C24H29F3N4O4. The van der Waals surface area contributed by atoms with Gasteiger partial charge in [0.25, 0.3) is 5.91 Å². The van der Waals surface area contributed by atoms with Crippen LogP contribution in [-0.4, -0.2) is 67.0 Å². The molecule has 4 amide bonds. The minimum Gasteiger partial charge on any atom is -0.383 e. The third kappa shape index (κ3) is 5.19. The van der Waals surface area contributed by atoms with Gasteiger partial charge in [0.15, 0.2) is 0 Å². The number of hydrogen-bond donors (Lipinski definition) is 2. The van der Waals surface area contributed by atoms with Gasteiger partial charge in [-0.2, -0.15) is 13.2 Å². The van der Waals surface area contributed by atoms with Crippen molar-refractivity contribution in [2.24, 2.45) is 5.92 Å². The van der Waals surface area contributed by atoms with Crippen LogP contribution in [-0.2, 0) is 20.5 Å². The number of halogens is 3. The Balaban J connectivity index is 2.07. The summed E-state index contributed by atoms with van der Waals surface area (Å²) in [5.74, 6) is -1.32. The monoisotopic (exact) mass is 494 g/mol. The molecule has 2 aliphatic rings. The second kappa shape index (κ2) is 10.5. The van der Waals surface area contributed by atoms with Crippen LogP contribution < -0.4 is 10.6 Å². The van der Waals surface area contributed by atoms with Crippen LogP contribution in [0, 0.1) is 5.92 Å². The fraction of sp³-hybridized carbons (Fsp3) is 0.458. The Morgan fingerprint density at radius 2 is 2.00 bits per heavy atom. The van der Waals surface area contributed by atoms with Gasteiger partial charge in [-0.05, 0) is 17.5 Å². The van der Waals surface area contributed by atoms with Crippen LogP contribution in [0.1, 0.15) is 31.0 Å². The molecule has 0 bridgehead atoms. The van der Waals surface area contributed by atoms with Gasteiger partial charge in [-0.15, -0.1) is 6.58 Å². The van der Waals surface area contributed by atoms with E-state index in [2.05, 4.69) is 17.2 Å². The lowest BCUT2D eigenvalue weighted by molar-refractivity contribution is -0.139. The number of carbonyl (C=O) groups excluding carboxylic acids is 3. The normalized spacial score (nSPS) is 19.1. The fourth-order valence-electron chi connectivity index (χ4n) is 4.49. The van der Waals surface area contributed by atoms with Crippen LogP contribution in [0.25, 0.3) is 0 Å². The van der Waals surface area contributed by atoms with Gasteiger partial charge in [0, 0.05) is 20.2 Å². The Morgan fingerprint density at radius 1 is 1.31 bits per heavy atom. The lowest BCUT2D eigenvalue weighted by Gasteiger charge is -2.33. The Labute approximate surface area is 201 Å². The van der Waals surface area contributed by atoms with Crippen molar-refractivity contribution < 1.29 is 32.3 Å². The summed E-state index contributed by atoms with van der Waals surface area (Å²) < 4.78 is 46.3. The number of urea groups is 1. The van der Waals surface area contributed by atoms with Crippen molar-refractivity contribution in [1.82, 2.24) is 20.4 Å². The Bertz CT molecular complexity index is 1040. The highest BCUT2D eigenvalue weighted by Crippen LogP contribution is 2.42. The first-order chi connectivity index (χ1) is 16.5. The van der Waals surface area contributed by atoms with Gasteiger partial charge < -0.3 is 20.3 Å². The summed E-state index contributed by atoms with van der Waals surface area (Å²) in [4.78, 5) is 42.2. The van der Waals surface area contributed by atoms with Gasteiger partial charge in [0.2, 0.25) is 5.91 Å². The minimum absolute atomic E-state index is 0.0125. The molecule has 0 aromatic heterocycles. The maximum atomic E-state index is 13.8. The van der Waals surface area contributed by atoms with Crippen molar-refractivity contribution in [3.63, 3.8) is 0 Å². The zero-order valence-corrected chi connectivity index (χ0v) is 19.8. The molecule has 1 aromatic rings. The second-order valence-electron chi connectivity index (χ2n) is 8.63. The third-order valence-corrected chi connectivity index (χ3v) is 5.98. The second-order valence-corrected chi connectivity index (χ2v) is 8.63. The molecule has 0 aliphatic carbocycles. The SMILES string of the molecule is C=CCN1C(=O)N[C@H](c2ccccc2C(F)(F)F)C2=C1CN([C@H](C(=O)NCCOC)C(C)C)C2=O. The zero-order chi connectivity index (χ0) is 25.9. The first-order valence-corrected chi connectivity index (χ1v) is 11.2. The quantitative estimate of drug-likeness (QED) is 0.408. The molecule has 3 rings (SSSR count). The predicted molar refractivity (Wildman–Crippen MR) is 122 cm³/mol. The van der Waals surface area contributed by atoms with Gasteiger partial charge in [-0.3, -0.25) is 14.5 Å². The van der Waals surface area contributed by atoms with E-state index in [1.54, 1.807) is 13.8 Å². The maximum absolute atomic E-state index is 13.8. The van der Waals surface area contributed by atoms with Crippen molar-refractivity contribution in [1.29, 1.82) is 0 Å². The van der Waals surface area contributed by atoms with E-state index in [1.165, 1.54) is 41.2 Å². The summed E-state index contributed by atoms with van der Waals surface area (Å²) in [5, 5.41) is 5.28. The molecule has 2 heterocycles. The zero-order valence-electron chi connectivity index (χ0n) is 19.8. The summed E-state index contributed by atoms with van der Waals surface area (Å²) in [6.45, 7) is 7.64. The highest BCUT2D eigenvalue weighted by atomic mass is 19.4. The third-order valence-electron chi connectivity index (χ3n) is 5.98. The molecule has 2 aliphatic heterocycles. The standard InChI is InChI=1S/C24H29F3N4O4/c1-5-11-30-17-13-31(20(14(2)3)21(32)28-10-12-35-4)22(33)18(17)19(29-23(30)34)15-8-6-7-9-16(15)24(25,26)27/h5-9,14,19-20H,1,10-13H2,2-4H3,(H,28,32)(H,29,34)/t19-,20+/m1/s1. The molecule has 0 saturated carbocycles. The number of nitrogens with one attached hydrogen (secondary N) is 2. The first-order valence-electron chi connectivity index (χ1n) is 11.2. The molecule has 0 saturated heterocycles. The van der Waals surface area contributed by atoms with Crippen molar-refractivity contribution in [3.05, 3.63) is 59.3 Å². The van der Waals surface area contributed by atoms with Crippen molar-refractivity contribution >= 4 is 17.8 Å². The molecule has 35 heavy (non-hydrogen) atoms. The summed E-state index contributed by atoms with van der Waals surface area (Å²) in [5.41, 5.74) is -0.910. The van der Waals surface area contributed by atoms with E-state index in [4.69, 9.17) is 4.74 Å².